The topological polar surface area (TPSA) is 35.8 Å². The van der Waals surface area contributed by atoms with Crippen LogP contribution in [0.3, 0.4) is 0 Å². The predicted molar refractivity (Wildman–Crippen MR) is 74.5 cm³/mol. The first-order chi connectivity index (χ1) is 9.20. The van der Waals surface area contributed by atoms with Crippen LogP contribution in [0.25, 0.3) is 0 Å². The van der Waals surface area contributed by atoms with Gasteiger partial charge in [-0.2, -0.15) is 5.26 Å². The van der Waals surface area contributed by atoms with E-state index < -0.39 is 5.82 Å². The van der Waals surface area contributed by atoms with E-state index in [9.17, 15) is 4.39 Å². The third-order valence-electron chi connectivity index (χ3n) is 3.07. The standard InChI is InChI=1S/C16H15FN2/c1-12(13-5-3-2-4-6-13)11-19-15-7-8-16(17)14(9-15)10-18/h2-9,12,19H,11H2,1H3. The Morgan fingerprint density at radius 1 is 1.21 bits per heavy atom. The molecule has 0 heterocycles. The Kier molecular flexibility index (Phi) is 4.15. The maximum absolute atomic E-state index is 13.2. The molecule has 1 N–H and O–H groups in total. The van der Waals surface area contributed by atoms with E-state index in [-0.39, 0.29) is 5.56 Å². The molecule has 2 nitrogen and oxygen atoms in total. The highest BCUT2D eigenvalue weighted by Gasteiger charge is 2.06. The molecule has 0 fully saturated rings. The van der Waals surface area contributed by atoms with Crippen molar-refractivity contribution in [3.8, 4) is 6.07 Å². The van der Waals surface area contributed by atoms with Gasteiger partial charge < -0.3 is 5.32 Å². The summed E-state index contributed by atoms with van der Waals surface area (Å²) in [5.74, 6) is -0.138. The van der Waals surface area contributed by atoms with Crippen molar-refractivity contribution in [1.82, 2.24) is 0 Å². The van der Waals surface area contributed by atoms with E-state index in [0.717, 1.165) is 12.2 Å². The average Bonchev–Trinajstić information content (AvgIpc) is 2.47. The number of rotatable bonds is 4. The van der Waals surface area contributed by atoms with Gasteiger partial charge in [0.25, 0.3) is 0 Å². The highest BCUT2D eigenvalue weighted by Crippen LogP contribution is 2.18. The van der Waals surface area contributed by atoms with Crippen molar-refractivity contribution in [2.75, 3.05) is 11.9 Å². The molecular formula is C16H15FN2. The Balaban J connectivity index is 2.01. The lowest BCUT2D eigenvalue weighted by Gasteiger charge is -2.14. The van der Waals surface area contributed by atoms with Crippen LogP contribution in [-0.4, -0.2) is 6.54 Å². The number of nitrogens with zero attached hydrogens (tertiary/aromatic N) is 1. The molecule has 1 unspecified atom stereocenters. The molecule has 0 saturated heterocycles. The molecule has 2 rings (SSSR count). The number of anilines is 1. The SMILES string of the molecule is CC(CNc1ccc(F)c(C#N)c1)c1ccccc1. The van der Waals surface area contributed by atoms with Gasteiger partial charge in [0.2, 0.25) is 0 Å². The van der Waals surface area contributed by atoms with Gasteiger partial charge in [0.15, 0.2) is 0 Å². The van der Waals surface area contributed by atoms with E-state index >= 15 is 0 Å². The van der Waals surface area contributed by atoms with E-state index in [2.05, 4.69) is 24.4 Å². The van der Waals surface area contributed by atoms with E-state index in [0.29, 0.717) is 5.92 Å². The van der Waals surface area contributed by atoms with Crippen LogP contribution in [0.1, 0.15) is 24.0 Å². The predicted octanol–water partition coefficient (Wildman–Crippen LogP) is 3.91. The second-order valence-electron chi connectivity index (χ2n) is 4.50. The first-order valence-electron chi connectivity index (χ1n) is 6.19. The first-order valence-corrected chi connectivity index (χ1v) is 6.19. The summed E-state index contributed by atoms with van der Waals surface area (Å²) in [7, 11) is 0. The number of benzene rings is 2. The Morgan fingerprint density at radius 3 is 2.63 bits per heavy atom. The van der Waals surface area contributed by atoms with Crippen LogP contribution in [0.15, 0.2) is 48.5 Å². The van der Waals surface area contributed by atoms with Crippen molar-refractivity contribution in [2.45, 2.75) is 12.8 Å². The van der Waals surface area contributed by atoms with Crippen LogP contribution in [0, 0.1) is 17.1 Å². The Bertz CT molecular complexity index is 587. The van der Waals surface area contributed by atoms with Gasteiger partial charge in [-0.25, -0.2) is 4.39 Å². The first kappa shape index (κ1) is 13.1. The minimum Gasteiger partial charge on any atom is -0.384 e. The molecule has 0 aliphatic heterocycles. The fourth-order valence-electron chi connectivity index (χ4n) is 1.89. The monoisotopic (exact) mass is 254 g/mol. The van der Waals surface area contributed by atoms with Gasteiger partial charge >= 0.3 is 0 Å². The maximum Gasteiger partial charge on any atom is 0.141 e. The minimum atomic E-state index is -0.482. The molecule has 0 spiro atoms. The zero-order valence-corrected chi connectivity index (χ0v) is 10.7. The summed E-state index contributed by atoms with van der Waals surface area (Å²) in [4.78, 5) is 0. The number of nitrogens with one attached hydrogen (secondary N) is 1. The third-order valence-corrected chi connectivity index (χ3v) is 3.07. The largest absolute Gasteiger partial charge is 0.384 e. The third kappa shape index (κ3) is 3.32. The molecule has 0 aliphatic rings. The van der Waals surface area contributed by atoms with E-state index in [4.69, 9.17) is 5.26 Å². The molecule has 0 radical (unpaired) electrons. The van der Waals surface area contributed by atoms with E-state index in [1.54, 1.807) is 6.07 Å². The molecule has 0 saturated carbocycles. The quantitative estimate of drug-likeness (QED) is 0.897. The molecule has 2 aromatic carbocycles. The summed E-state index contributed by atoms with van der Waals surface area (Å²) in [5, 5.41) is 12.0. The molecule has 0 aliphatic carbocycles. The summed E-state index contributed by atoms with van der Waals surface area (Å²) < 4.78 is 13.2. The molecule has 19 heavy (non-hydrogen) atoms. The Labute approximate surface area is 112 Å². The summed E-state index contributed by atoms with van der Waals surface area (Å²) in [6, 6.07) is 16.5. The minimum absolute atomic E-state index is 0.0670. The number of hydrogen-bond donors (Lipinski definition) is 1. The Morgan fingerprint density at radius 2 is 1.95 bits per heavy atom. The van der Waals surface area contributed by atoms with Crippen molar-refractivity contribution in [3.05, 3.63) is 65.5 Å². The molecule has 0 aromatic heterocycles. The average molecular weight is 254 g/mol. The maximum atomic E-state index is 13.2. The highest BCUT2D eigenvalue weighted by atomic mass is 19.1. The van der Waals surface area contributed by atoms with Gasteiger partial charge in [-0.3, -0.25) is 0 Å². The van der Waals surface area contributed by atoms with Crippen LogP contribution in [0.5, 0.6) is 0 Å². The lowest BCUT2D eigenvalue weighted by atomic mass is 10.0. The lowest BCUT2D eigenvalue weighted by molar-refractivity contribution is 0.624. The summed E-state index contributed by atoms with van der Waals surface area (Å²) in [6.45, 7) is 2.86. The second-order valence-corrected chi connectivity index (χ2v) is 4.50. The van der Waals surface area contributed by atoms with Crippen molar-refractivity contribution >= 4 is 5.69 Å². The summed E-state index contributed by atoms with van der Waals surface area (Å²) >= 11 is 0. The fraction of sp³-hybridized carbons (Fsp3) is 0.188. The van der Waals surface area contributed by atoms with Gasteiger partial charge in [0.1, 0.15) is 11.9 Å². The molecule has 96 valence electrons. The number of nitriles is 1. The van der Waals surface area contributed by atoms with E-state index in [1.807, 2.05) is 24.3 Å². The van der Waals surface area contributed by atoms with Crippen LogP contribution in [0.2, 0.25) is 0 Å². The number of halogens is 1. The second kappa shape index (κ2) is 6.01. The van der Waals surface area contributed by atoms with Gasteiger partial charge in [0, 0.05) is 12.2 Å². The summed E-state index contributed by atoms with van der Waals surface area (Å²) in [6.07, 6.45) is 0. The van der Waals surface area contributed by atoms with Crippen molar-refractivity contribution in [3.63, 3.8) is 0 Å². The van der Waals surface area contributed by atoms with Gasteiger partial charge in [-0.1, -0.05) is 37.3 Å². The Hall–Kier alpha value is -2.34. The van der Waals surface area contributed by atoms with Gasteiger partial charge in [-0.05, 0) is 29.7 Å². The molecular weight excluding hydrogens is 239 g/mol. The van der Waals surface area contributed by atoms with Gasteiger partial charge in [0.05, 0.1) is 5.56 Å². The van der Waals surface area contributed by atoms with Crippen LogP contribution in [-0.2, 0) is 0 Å². The van der Waals surface area contributed by atoms with Crippen LogP contribution in [0.4, 0.5) is 10.1 Å². The van der Waals surface area contributed by atoms with Gasteiger partial charge in [-0.15, -0.1) is 0 Å². The zero-order valence-electron chi connectivity index (χ0n) is 10.7. The number of hydrogen-bond acceptors (Lipinski definition) is 2. The summed E-state index contributed by atoms with van der Waals surface area (Å²) in [5.41, 5.74) is 2.08. The smallest absolute Gasteiger partial charge is 0.141 e. The molecule has 1 atom stereocenters. The van der Waals surface area contributed by atoms with E-state index in [1.165, 1.54) is 17.7 Å². The van der Waals surface area contributed by atoms with Crippen LogP contribution < -0.4 is 5.32 Å². The normalized spacial score (nSPS) is 11.6. The highest BCUT2D eigenvalue weighted by molar-refractivity contribution is 5.50. The van der Waals surface area contributed by atoms with Crippen molar-refractivity contribution in [1.29, 1.82) is 5.26 Å². The van der Waals surface area contributed by atoms with Crippen molar-refractivity contribution in [2.24, 2.45) is 0 Å². The molecule has 2 aromatic rings. The molecule has 3 heteroatoms. The van der Waals surface area contributed by atoms with Crippen molar-refractivity contribution < 1.29 is 4.39 Å². The van der Waals surface area contributed by atoms with Crippen LogP contribution >= 0.6 is 0 Å². The fourth-order valence-corrected chi connectivity index (χ4v) is 1.89. The molecule has 0 amide bonds. The zero-order chi connectivity index (χ0) is 13.7. The lowest BCUT2D eigenvalue weighted by Crippen LogP contribution is -2.09. The molecule has 0 bridgehead atoms.